The number of nitrogens with one attached hydrogen (secondary N) is 2. The van der Waals surface area contributed by atoms with Crippen LogP contribution in [0, 0.1) is 5.82 Å². The van der Waals surface area contributed by atoms with Crippen molar-refractivity contribution in [1.29, 1.82) is 0 Å². The smallest absolute Gasteiger partial charge is 0.261 e. The lowest BCUT2D eigenvalue weighted by atomic mass is 9.85. The maximum absolute atomic E-state index is 13.6. The minimum atomic E-state index is -0.517. The predicted octanol–water partition coefficient (Wildman–Crippen LogP) is 4.70. The van der Waals surface area contributed by atoms with Crippen molar-refractivity contribution in [3.05, 3.63) is 82.9 Å². The molecule has 1 aliphatic heterocycles. The topological polar surface area (TPSA) is 85.2 Å². The highest BCUT2D eigenvalue weighted by Crippen LogP contribution is 2.41. The second-order valence-corrected chi connectivity index (χ2v) is 8.01. The standard InChI is InChI=1S/C25H23FN4O3/c1-2-33-18-12-10-17(11-13-18)28-25(32)19-14-27-30-23(15-6-8-16(26)9-7-15)22-20(29-24(19)30)4-3-5-21(22)31/h6-14,23,29H,2-5H2,1H3,(H,28,32). The minimum absolute atomic E-state index is 0.0413. The predicted molar refractivity (Wildman–Crippen MR) is 122 cm³/mol. The van der Waals surface area contributed by atoms with E-state index >= 15 is 0 Å². The van der Waals surface area contributed by atoms with E-state index in [0.29, 0.717) is 42.1 Å². The normalized spacial score (nSPS) is 17.2. The summed E-state index contributed by atoms with van der Waals surface area (Å²) in [6.45, 7) is 2.47. The van der Waals surface area contributed by atoms with Crippen molar-refractivity contribution < 1.29 is 18.7 Å². The summed E-state index contributed by atoms with van der Waals surface area (Å²) in [5.41, 5.74) is 3.15. The molecule has 0 fully saturated rings. The van der Waals surface area contributed by atoms with Gasteiger partial charge in [0.05, 0.1) is 12.8 Å². The molecule has 7 nitrogen and oxygen atoms in total. The maximum Gasteiger partial charge on any atom is 0.261 e. The third-order valence-corrected chi connectivity index (χ3v) is 5.89. The Labute approximate surface area is 190 Å². The first-order valence-corrected chi connectivity index (χ1v) is 11.0. The molecule has 2 N–H and O–H groups in total. The van der Waals surface area contributed by atoms with Gasteiger partial charge in [0.25, 0.3) is 5.91 Å². The van der Waals surface area contributed by atoms with Crippen molar-refractivity contribution in [2.75, 3.05) is 17.2 Å². The fourth-order valence-electron chi connectivity index (χ4n) is 4.38. The van der Waals surface area contributed by atoms with Crippen molar-refractivity contribution >= 4 is 23.2 Å². The van der Waals surface area contributed by atoms with Crippen LogP contribution in [0.2, 0.25) is 0 Å². The summed E-state index contributed by atoms with van der Waals surface area (Å²) in [5.74, 6) is 0.606. The van der Waals surface area contributed by atoms with Crippen molar-refractivity contribution in [3.8, 4) is 5.75 Å². The van der Waals surface area contributed by atoms with Crippen LogP contribution in [0.15, 0.2) is 66.0 Å². The molecule has 1 amide bonds. The minimum Gasteiger partial charge on any atom is -0.494 e. The van der Waals surface area contributed by atoms with E-state index in [2.05, 4.69) is 15.7 Å². The summed E-state index contributed by atoms with van der Waals surface area (Å²) in [5, 5.41) is 10.6. The number of fused-ring (bicyclic) bond motifs is 1. The first-order chi connectivity index (χ1) is 16.0. The van der Waals surface area contributed by atoms with Gasteiger partial charge in [-0.2, -0.15) is 5.10 Å². The quantitative estimate of drug-likeness (QED) is 0.594. The van der Waals surface area contributed by atoms with E-state index in [0.717, 1.165) is 23.4 Å². The lowest BCUT2D eigenvalue weighted by molar-refractivity contribution is -0.116. The van der Waals surface area contributed by atoms with E-state index in [9.17, 15) is 14.0 Å². The summed E-state index contributed by atoms with van der Waals surface area (Å²) >= 11 is 0. The van der Waals surface area contributed by atoms with Crippen LogP contribution >= 0.6 is 0 Å². The lowest BCUT2D eigenvalue weighted by Gasteiger charge is -2.33. The molecule has 2 heterocycles. The summed E-state index contributed by atoms with van der Waals surface area (Å²) in [6, 6.07) is 12.7. The number of ketones is 1. The molecule has 0 bridgehead atoms. The van der Waals surface area contributed by atoms with Gasteiger partial charge in [-0.25, -0.2) is 9.07 Å². The third-order valence-electron chi connectivity index (χ3n) is 5.89. The van der Waals surface area contributed by atoms with Crippen molar-refractivity contribution in [2.45, 2.75) is 32.2 Å². The number of carbonyl (C=O) groups excluding carboxylic acids is 2. The molecule has 2 aromatic carbocycles. The third kappa shape index (κ3) is 3.88. The molecule has 33 heavy (non-hydrogen) atoms. The average Bonchev–Trinajstić information content (AvgIpc) is 3.24. The van der Waals surface area contributed by atoms with Crippen molar-refractivity contribution in [2.24, 2.45) is 0 Å². The Morgan fingerprint density at radius 2 is 1.94 bits per heavy atom. The van der Waals surface area contributed by atoms with Crippen molar-refractivity contribution in [1.82, 2.24) is 9.78 Å². The Morgan fingerprint density at radius 1 is 1.18 bits per heavy atom. The largest absolute Gasteiger partial charge is 0.494 e. The van der Waals surface area contributed by atoms with E-state index in [1.165, 1.54) is 18.3 Å². The highest BCUT2D eigenvalue weighted by Gasteiger charge is 2.37. The number of carbonyl (C=O) groups is 2. The van der Waals surface area contributed by atoms with Crippen LogP contribution in [-0.4, -0.2) is 28.1 Å². The molecule has 1 aromatic heterocycles. The Morgan fingerprint density at radius 3 is 2.67 bits per heavy atom. The molecule has 1 unspecified atom stereocenters. The maximum atomic E-state index is 13.6. The number of Topliss-reactive ketones (excluding diaryl/α,β-unsaturated/α-hetero) is 1. The van der Waals surface area contributed by atoms with E-state index in [1.54, 1.807) is 41.1 Å². The molecular weight excluding hydrogens is 423 g/mol. The highest BCUT2D eigenvalue weighted by molar-refractivity contribution is 6.08. The van der Waals surface area contributed by atoms with Crippen LogP contribution in [0.1, 0.15) is 48.1 Å². The van der Waals surface area contributed by atoms with Gasteiger partial charge < -0.3 is 15.4 Å². The number of aromatic nitrogens is 2. The number of ether oxygens (including phenoxy) is 1. The van der Waals surface area contributed by atoms with Crippen LogP contribution in [0.4, 0.5) is 15.9 Å². The number of benzene rings is 2. The van der Waals surface area contributed by atoms with Gasteiger partial charge in [0.2, 0.25) is 0 Å². The molecule has 8 heteroatoms. The number of anilines is 2. The van der Waals surface area contributed by atoms with E-state index in [-0.39, 0.29) is 17.5 Å². The van der Waals surface area contributed by atoms with Gasteiger partial charge in [-0.15, -0.1) is 0 Å². The van der Waals surface area contributed by atoms with Gasteiger partial charge in [0, 0.05) is 23.4 Å². The Bertz CT molecular complexity index is 1250. The second-order valence-electron chi connectivity index (χ2n) is 8.01. The zero-order valence-electron chi connectivity index (χ0n) is 18.1. The van der Waals surface area contributed by atoms with E-state index in [4.69, 9.17) is 4.74 Å². The van der Waals surface area contributed by atoms with Crippen LogP contribution in [0.25, 0.3) is 0 Å². The monoisotopic (exact) mass is 446 g/mol. The van der Waals surface area contributed by atoms with E-state index < -0.39 is 6.04 Å². The second kappa shape index (κ2) is 8.54. The number of halogens is 1. The molecule has 0 spiro atoms. The highest BCUT2D eigenvalue weighted by atomic mass is 19.1. The first kappa shape index (κ1) is 20.9. The van der Waals surface area contributed by atoms with Gasteiger partial charge in [0.15, 0.2) is 5.78 Å². The summed E-state index contributed by atoms with van der Waals surface area (Å²) in [6.07, 6.45) is 3.39. The van der Waals surface area contributed by atoms with Gasteiger partial charge in [-0.3, -0.25) is 9.59 Å². The number of nitrogens with zero attached hydrogens (tertiary/aromatic N) is 2. The Kier molecular flexibility index (Phi) is 5.42. The van der Waals surface area contributed by atoms with Crippen LogP contribution in [0.3, 0.4) is 0 Å². The van der Waals surface area contributed by atoms with Gasteiger partial charge >= 0.3 is 0 Å². The van der Waals surface area contributed by atoms with Gasteiger partial charge in [-0.1, -0.05) is 12.1 Å². The molecule has 1 atom stereocenters. The van der Waals surface area contributed by atoms with Crippen molar-refractivity contribution in [3.63, 3.8) is 0 Å². The lowest BCUT2D eigenvalue weighted by Crippen LogP contribution is -2.32. The van der Waals surface area contributed by atoms with E-state index in [1.807, 2.05) is 6.92 Å². The molecular formula is C25H23FN4O3. The molecule has 5 rings (SSSR count). The molecule has 2 aliphatic rings. The fourth-order valence-corrected chi connectivity index (χ4v) is 4.38. The molecule has 1 aliphatic carbocycles. The number of hydrogen-bond acceptors (Lipinski definition) is 5. The summed E-state index contributed by atoms with van der Waals surface area (Å²) in [4.78, 5) is 25.9. The number of hydrogen-bond donors (Lipinski definition) is 2. The molecule has 3 aromatic rings. The van der Waals surface area contributed by atoms with Crippen LogP contribution < -0.4 is 15.4 Å². The fraction of sp³-hybridized carbons (Fsp3) is 0.240. The first-order valence-electron chi connectivity index (χ1n) is 11.0. The van der Waals surface area contributed by atoms with Gasteiger partial charge in [-0.05, 0) is 61.7 Å². The Hall–Kier alpha value is -3.94. The SMILES string of the molecule is CCOc1ccc(NC(=O)c2cnn3c2NC2=C(C(=O)CCC2)C3c2ccc(F)cc2)cc1. The van der Waals surface area contributed by atoms with Crippen LogP contribution in [0.5, 0.6) is 5.75 Å². The molecule has 0 saturated heterocycles. The average molecular weight is 446 g/mol. The molecule has 0 radical (unpaired) electrons. The number of allylic oxidation sites excluding steroid dienone is 2. The number of rotatable bonds is 5. The Balaban J connectivity index is 1.50. The summed E-state index contributed by atoms with van der Waals surface area (Å²) < 4.78 is 20.7. The zero-order valence-corrected chi connectivity index (χ0v) is 18.1. The summed E-state index contributed by atoms with van der Waals surface area (Å²) in [7, 11) is 0. The van der Waals surface area contributed by atoms with Crippen LogP contribution in [-0.2, 0) is 4.79 Å². The number of amides is 1. The molecule has 168 valence electrons. The molecule has 0 saturated carbocycles. The zero-order chi connectivity index (χ0) is 22.9. The van der Waals surface area contributed by atoms with Gasteiger partial charge in [0.1, 0.15) is 29.0 Å².